The molecule has 0 spiro atoms. The van der Waals surface area contributed by atoms with E-state index in [0.717, 1.165) is 26.7 Å². The first kappa shape index (κ1) is 23.7. The standard InChI is InChI=1S/C25H26N2O6S/c1-14-26-27-25(34-14)16-8-6-15(7-9-16)23(31-4)22(28)19-11-10-18(33-19)17-12-20(29-2)24(32-5)21(13-17)30-3/h6-10,12-13,19,23H,11H2,1-5H3. The molecule has 1 aliphatic heterocycles. The summed E-state index contributed by atoms with van der Waals surface area (Å²) < 4.78 is 27.8. The first-order valence-corrected chi connectivity index (χ1v) is 11.4. The maximum Gasteiger partial charge on any atom is 0.206 e. The van der Waals surface area contributed by atoms with Crippen LogP contribution in [0.25, 0.3) is 16.3 Å². The molecular weight excluding hydrogens is 456 g/mol. The summed E-state index contributed by atoms with van der Waals surface area (Å²) in [5.41, 5.74) is 2.43. The molecule has 34 heavy (non-hydrogen) atoms. The van der Waals surface area contributed by atoms with Gasteiger partial charge in [-0.2, -0.15) is 0 Å². The number of carbonyl (C=O) groups excluding carboxylic acids is 1. The molecule has 0 saturated carbocycles. The van der Waals surface area contributed by atoms with Gasteiger partial charge in [-0.3, -0.25) is 4.79 Å². The molecule has 0 radical (unpaired) electrons. The van der Waals surface area contributed by atoms with Crippen molar-refractivity contribution in [3.05, 3.63) is 58.6 Å². The van der Waals surface area contributed by atoms with Crippen LogP contribution in [-0.2, 0) is 14.3 Å². The zero-order valence-corrected chi connectivity index (χ0v) is 20.5. The van der Waals surface area contributed by atoms with Crippen LogP contribution in [-0.4, -0.2) is 50.5 Å². The van der Waals surface area contributed by atoms with E-state index in [4.69, 9.17) is 23.7 Å². The molecule has 4 rings (SSSR count). The Morgan fingerprint density at radius 2 is 1.68 bits per heavy atom. The molecule has 2 atom stereocenters. The smallest absolute Gasteiger partial charge is 0.206 e. The molecule has 0 bridgehead atoms. The first-order chi connectivity index (χ1) is 16.5. The molecule has 9 heteroatoms. The fraction of sp³-hybridized carbons (Fsp3) is 0.320. The summed E-state index contributed by atoms with van der Waals surface area (Å²) in [6.07, 6.45) is 0.913. The first-order valence-electron chi connectivity index (χ1n) is 10.6. The van der Waals surface area contributed by atoms with Gasteiger partial charge in [0.1, 0.15) is 21.9 Å². The van der Waals surface area contributed by atoms with Gasteiger partial charge in [-0.25, -0.2) is 0 Å². The van der Waals surface area contributed by atoms with Gasteiger partial charge in [0.25, 0.3) is 0 Å². The van der Waals surface area contributed by atoms with Gasteiger partial charge >= 0.3 is 0 Å². The van der Waals surface area contributed by atoms with Gasteiger partial charge in [0.15, 0.2) is 17.6 Å². The molecule has 1 aromatic heterocycles. The lowest BCUT2D eigenvalue weighted by Crippen LogP contribution is -2.27. The van der Waals surface area contributed by atoms with Crippen LogP contribution in [0.4, 0.5) is 0 Å². The lowest BCUT2D eigenvalue weighted by Gasteiger charge is -2.20. The van der Waals surface area contributed by atoms with Crippen LogP contribution in [0.5, 0.6) is 17.2 Å². The molecule has 2 heterocycles. The summed E-state index contributed by atoms with van der Waals surface area (Å²) in [6.45, 7) is 1.91. The highest BCUT2D eigenvalue weighted by atomic mass is 32.1. The molecule has 8 nitrogen and oxygen atoms in total. The zero-order chi connectivity index (χ0) is 24.2. The monoisotopic (exact) mass is 482 g/mol. The number of Topliss-reactive ketones (excluding diaryl/α,β-unsaturated/α-hetero) is 1. The number of nitrogens with zero attached hydrogens (tertiary/aromatic N) is 2. The van der Waals surface area contributed by atoms with E-state index in [9.17, 15) is 4.79 Å². The van der Waals surface area contributed by atoms with Crippen molar-refractivity contribution in [3.8, 4) is 27.8 Å². The fourth-order valence-electron chi connectivity index (χ4n) is 3.85. The Morgan fingerprint density at radius 1 is 1.00 bits per heavy atom. The Hall–Kier alpha value is -3.43. The third-order valence-corrected chi connectivity index (χ3v) is 6.42. The lowest BCUT2D eigenvalue weighted by atomic mass is 9.99. The molecular formula is C25H26N2O6S. The molecule has 2 aromatic carbocycles. The third-order valence-electron chi connectivity index (χ3n) is 5.53. The quantitative estimate of drug-likeness (QED) is 0.436. The maximum absolute atomic E-state index is 13.3. The van der Waals surface area contributed by atoms with Crippen LogP contribution in [0.3, 0.4) is 0 Å². The van der Waals surface area contributed by atoms with E-state index in [1.165, 1.54) is 18.4 Å². The number of hydrogen-bond donors (Lipinski definition) is 0. The number of hydrogen-bond acceptors (Lipinski definition) is 9. The van der Waals surface area contributed by atoms with Crippen molar-refractivity contribution < 1.29 is 28.5 Å². The Bertz CT molecular complexity index is 1180. The topological polar surface area (TPSA) is 89.0 Å². The zero-order valence-electron chi connectivity index (χ0n) is 19.7. The van der Waals surface area contributed by atoms with Crippen molar-refractivity contribution >= 4 is 22.9 Å². The summed E-state index contributed by atoms with van der Waals surface area (Å²) in [5.74, 6) is 1.94. The van der Waals surface area contributed by atoms with Gasteiger partial charge < -0.3 is 23.7 Å². The molecule has 0 fully saturated rings. The highest BCUT2D eigenvalue weighted by Crippen LogP contribution is 2.41. The number of ether oxygens (including phenoxy) is 5. The number of carbonyl (C=O) groups is 1. The van der Waals surface area contributed by atoms with Crippen LogP contribution >= 0.6 is 11.3 Å². The Kier molecular flexibility index (Phi) is 7.14. The average molecular weight is 483 g/mol. The van der Waals surface area contributed by atoms with E-state index in [1.807, 2.05) is 37.3 Å². The molecule has 3 aromatic rings. The van der Waals surface area contributed by atoms with Crippen LogP contribution < -0.4 is 14.2 Å². The number of rotatable bonds is 9. The van der Waals surface area contributed by atoms with Crippen LogP contribution in [0.15, 0.2) is 42.5 Å². The molecule has 1 aliphatic rings. The molecule has 0 aliphatic carbocycles. The van der Waals surface area contributed by atoms with E-state index >= 15 is 0 Å². The normalized spacial score (nSPS) is 15.9. The minimum atomic E-state index is -0.747. The summed E-state index contributed by atoms with van der Waals surface area (Å²) in [5, 5.41) is 9.96. The minimum absolute atomic E-state index is 0.152. The SMILES string of the molecule is COc1cc(C2=CCC(C(=O)C(OC)c3ccc(-c4nnc(C)s4)cc3)O2)cc(OC)c1OC. The third kappa shape index (κ3) is 4.62. The van der Waals surface area contributed by atoms with Gasteiger partial charge in [0.2, 0.25) is 11.5 Å². The van der Waals surface area contributed by atoms with Crippen molar-refractivity contribution in [2.75, 3.05) is 28.4 Å². The molecule has 0 amide bonds. The summed E-state index contributed by atoms with van der Waals surface area (Å²) in [6, 6.07) is 11.2. The predicted octanol–water partition coefficient (Wildman–Crippen LogP) is 4.63. The van der Waals surface area contributed by atoms with Crippen molar-refractivity contribution in [3.63, 3.8) is 0 Å². The van der Waals surface area contributed by atoms with Crippen molar-refractivity contribution in [1.29, 1.82) is 0 Å². The van der Waals surface area contributed by atoms with Gasteiger partial charge in [0, 0.05) is 24.7 Å². The van der Waals surface area contributed by atoms with Crippen molar-refractivity contribution in [2.24, 2.45) is 0 Å². The Morgan fingerprint density at radius 3 is 2.21 bits per heavy atom. The van der Waals surface area contributed by atoms with Gasteiger partial charge in [-0.05, 0) is 30.7 Å². The second-order valence-corrected chi connectivity index (χ2v) is 8.77. The highest BCUT2D eigenvalue weighted by molar-refractivity contribution is 7.14. The molecule has 0 N–H and O–H groups in total. The number of benzene rings is 2. The van der Waals surface area contributed by atoms with E-state index in [0.29, 0.717) is 29.4 Å². The van der Waals surface area contributed by atoms with E-state index in [1.54, 1.807) is 33.5 Å². The molecule has 2 unspecified atom stereocenters. The van der Waals surface area contributed by atoms with Crippen molar-refractivity contribution in [1.82, 2.24) is 10.2 Å². The summed E-state index contributed by atoms with van der Waals surface area (Å²) >= 11 is 1.52. The van der Waals surface area contributed by atoms with Gasteiger partial charge in [-0.1, -0.05) is 35.6 Å². The second-order valence-electron chi connectivity index (χ2n) is 7.59. The van der Waals surface area contributed by atoms with E-state index in [2.05, 4.69) is 10.2 Å². The lowest BCUT2D eigenvalue weighted by molar-refractivity contribution is -0.136. The van der Waals surface area contributed by atoms with E-state index in [-0.39, 0.29) is 5.78 Å². The van der Waals surface area contributed by atoms with Crippen molar-refractivity contribution in [2.45, 2.75) is 25.6 Å². The summed E-state index contributed by atoms with van der Waals surface area (Å²) in [7, 11) is 6.18. The number of ketones is 1. The van der Waals surface area contributed by atoms with E-state index < -0.39 is 12.2 Å². The fourth-order valence-corrected chi connectivity index (χ4v) is 4.54. The van der Waals surface area contributed by atoms with Crippen LogP contribution in [0.1, 0.15) is 28.7 Å². The molecule has 0 saturated heterocycles. The Labute approximate surface area is 202 Å². The predicted molar refractivity (Wildman–Crippen MR) is 128 cm³/mol. The highest BCUT2D eigenvalue weighted by Gasteiger charge is 2.33. The summed E-state index contributed by atoms with van der Waals surface area (Å²) in [4.78, 5) is 13.3. The van der Waals surface area contributed by atoms with Gasteiger partial charge in [-0.15, -0.1) is 10.2 Å². The number of aromatic nitrogens is 2. The largest absolute Gasteiger partial charge is 0.493 e. The Balaban J connectivity index is 1.50. The van der Waals surface area contributed by atoms with Crippen LogP contribution in [0.2, 0.25) is 0 Å². The molecule has 178 valence electrons. The number of aryl methyl sites for hydroxylation is 1. The minimum Gasteiger partial charge on any atom is -0.493 e. The van der Waals surface area contributed by atoms with Crippen LogP contribution in [0, 0.1) is 6.92 Å². The van der Waals surface area contributed by atoms with Gasteiger partial charge in [0.05, 0.1) is 21.3 Å². The second kappa shape index (κ2) is 10.2. The number of methoxy groups -OCH3 is 4. The maximum atomic E-state index is 13.3. The average Bonchev–Trinajstić information content (AvgIpc) is 3.53.